The topological polar surface area (TPSA) is 0 Å². The van der Waals surface area contributed by atoms with Crippen LogP contribution < -0.4 is 0 Å². The van der Waals surface area contributed by atoms with Crippen LogP contribution in [0.2, 0.25) is 5.02 Å². The van der Waals surface area contributed by atoms with Gasteiger partial charge in [-0.3, -0.25) is 0 Å². The maximum Gasteiger partial charge on any atom is 0.0441 e. The van der Waals surface area contributed by atoms with E-state index in [4.69, 9.17) is 23.2 Å². The van der Waals surface area contributed by atoms with Crippen molar-refractivity contribution >= 4 is 39.1 Å². The van der Waals surface area contributed by atoms with Crippen molar-refractivity contribution in [3.63, 3.8) is 0 Å². The average molecular weight is 324 g/mol. The van der Waals surface area contributed by atoms with Crippen molar-refractivity contribution in [3.8, 4) is 0 Å². The molecule has 1 rings (SSSR count). The molecule has 1 aromatic rings. The first kappa shape index (κ1) is 14.3. The van der Waals surface area contributed by atoms with E-state index in [0.29, 0.717) is 5.92 Å². The van der Waals surface area contributed by atoms with Crippen LogP contribution in [0.15, 0.2) is 22.7 Å². The molecular weight excluding hydrogens is 307 g/mol. The third-order valence-corrected chi connectivity index (χ3v) is 3.83. The minimum absolute atomic E-state index is 0.536. The second kappa shape index (κ2) is 7.58. The fraction of sp³-hybridized carbons (Fsp3) is 0.538. The number of hydrogen-bond donors (Lipinski definition) is 0. The van der Waals surface area contributed by atoms with Gasteiger partial charge in [-0.1, -0.05) is 40.9 Å². The molecule has 3 heteroatoms. The molecule has 1 unspecified atom stereocenters. The second-order valence-electron chi connectivity index (χ2n) is 3.98. The minimum atomic E-state index is 0.536. The number of benzene rings is 1. The Hall–Kier alpha value is 0.280. The standard InChI is InChI=1S/C13H17BrCl2/c1-2-4-10(5-3-8-15)12-9-11(14)6-7-13(12)16/h6-7,9-10H,2-5,8H2,1H3. The lowest BCUT2D eigenvalue weighted by Crippen LogP contribution is -2.00. The summed E-state index contributed by atoms with van der Waals surface area (Å²) >= 11 is 15.5. The summed E-state index contributed by atoms with van der Waals surface area (Å²) in [5.41, 5.74) is 1.25. The van der Waals surface area contributed by atoms with E-state index >= 15 is 0 Å². The Labute approximate surface area is 116 Å². The van der Waals surface area contributed by atoms with Gasteiger partial charge in [0.1, 0.15) is 0 Å². The van der Waals surface area contributed by atoms with Crippen molar-refractivity contribution in [1.82, 2.24) is 0 Å². The van der Waals surface area contributed by atoms with Crippen LogP contribution in [0.5, 0.6) is 0 Å². The summed E-state index contributed by atoms with van der Waals surface area (Å²) in [5.74, 6) is 1.26. The minimum Gasteiger partial charge on any atom is -0.127 e. The summed E-state index contributed by atoms with van der Waals surface area (Å²) in [6, 6.07) is 6.08. The zero-order chi connectivity index (χ0) is 12.0. The molecule has 90 valence electrons. The summed E-state index contributed by atoms with van der Waals surface area (Å²) in [6.07, 6.45) is 4.52. The third kappa shape index (κ3) is 4.27. The summed E-state index contributed by atoms with van der Waals surface area (Å²) < 4.78 is 1.10. The monoisotopic (exact) mass is 322 g/mol. The molecule has 0 aliphatic rings. The first-order valence-electron chi connectivity index (χ1n) is 5.70. The second-order valence-corrected chi connectivity index (χ2v) is 5.68. The summed E-state index contributed by atoms with van der Waals surface area (Å²) in [7, 11) is 0. The molecule has 0 fully saturated rings. The molecule has 0 bridgehead atoms. The normalized spacial score (nSPS) is 12.8. The van der Waals surface area contributed by atoms with Gasteiger partial charge in [-0.05, 0) is 48.9 Å². The molecule has 16 heavy (non-hydrogen) atoms. The Balaban J connectivity index is 2.85. The molecule has 1 aromatic carbocycles. The van der Waals surface area contributed by atoms with Crippen LogP contribution in [0, 0.1) is 0 Å². The van der Waals surface area contributed by atoms with E-state index in [1.54, 1.807) is 0 Å². The Morgan fingerprint density at radius 3 is 2.69 bits per heavy atom. The summed E-state index contributed by atoms with van der Waals surface area (Å²) in [4.78, 5) is 0. The fourth-order valence-corrected chi connectivity index (χ4v) is 2.76. The number of alkyl halides is 1. The molecule has 0 aliphatic carbocycles. The lowest BCUT2D eigenvalue weighted by atomic mass is 9.90. The third-order valence-electron chi connectivity index (χ3n) is 2.72. The SMILES string of the molecule is CCCC(CCCCl)c1cc(Br)ccc1Cl. The van der Waals surface area contributed by atoms with Gasteiger partial charge in [0.15, 0.2) is 0 Å². The smallest absolute Gasteiger partial charge is 0.0441 e. The highest BCUT2D eigenvalue weighted by Gasteiger charge is 2.14. The highest BCUT2D eigenvalue weighted by molar-refractivity contribution is 9.10. The van der Waals surface area contributed by atoms with E-state index in [9.17, 15) is 0 Å². The summed E-state index contributed by atoms with van der Waals surface area (Å²) in [5, 5.41) is 0.872. The van der Waals surface area contributed by atoms with Crippen molar-refractivity contribution in [2.45, 2.75) is 38.5 Å². The molecule has 0 radical (unpaired) electrons. The van der Waals surface area contributed by atoms with E-state index in [2.05, 4.69) is 28.9 Å². The molecule has 0 amide bonds. The molecule has 0 saturated heterocycles. The average Bonchev–Trinajstić information content (AvgIpc) is 2.28. The molecule has 0 nitrogen and oxygen atoms in total. The highest BCUT2D eigenvalue weighted by atomic mass is 79.9. The molecule has 0 spiro atoms. The van der Waals surface area contributed by atoms with E-state index < -0.39 is 0 Å². The van der Waals surface area contributed by atoms with Crippen LogP contribution in [0.4, 0.5) is 0 Å². The molecule has 0 aromatic heterocycles. The van der Waals surface area contributed by atoms with Gasteiger partial charge in [0.2, 0.25) is 0 Å². The van der Waals surface area contributed by atoms with E-state index in [1.165, 1.54) is 18.4 Å². The van der Waals surface area contributed by atoms with Gasteiger partial charge in [0.05, 0.1) is 0 Å². The van der Waals surface area contributed by atoms with Crippen LogP contribution in [0.1, 0.15) is 44.1 Å². The van der Waals surface area contributed by atoms with Gasteiger partial charge >= 0.3 is 0 Å². The number of hydrogen-bond acceptors (Lipinski definition) is 0. The van der Waals surface area contributed by atoms with Crippen LogP contribution in [0.3, 0.4) is 0 Å². The maximum absolute atomic E-state index is 6.25. The molecule has 0 N–H and O–H groups in total. The Morgan fingerprint density at radius 2 is 2.06 bits per heavy atom. The first-order valence-corrected chi connectivity index (χ1v) is 7.40. The van der Waals surface area contributed by atoms with Crippen molar-refractivity contribution in [1.29, 1.82) is 0 Å². The predicted molar refractivity (Wildman–Crippen MR) is 76.8 cm³/mol. The van der Waals surface area contributed by atoms with Crippen molar-refractivity contribution in [2.24, 2.45) is 0 Å². The van der Waals surface area contributed by atoms with Crippen LogP contribution in [-0.2, 0) is 0 Å². The zero-order valence-electron chi connectivity index (χ0n) is 9.48. The van der Waals surface area contributed by atoms with Gasteiger partial charge in [0.25, 0.3) is 0 Å². The molecular formula is C13H17BrCl2. The zero-order valence-corrected chi connectivity index (χ0v) is 12.6. The number of halogens is 3. The van der Waals surface area contributed by atoms with Gasteiger partial charge in [-0.2, -0.15) is 0 Å². The first-order chi connectivity index (χ1) is 7.69. The maximum atomic E-state index is 6.25. The van der Waals surface area contributed by atoms with Crippen LogP contribution in [-0.4, -0.2) is 5.88 Å². The highest BCUT2D eigenvalue weighted by Crippen LogP contribution is 2.33. The van der Waals surface area contributed by atoms with E-state index in [1.807, 2.05) is 12.1 Å². The quantitative estimate of drug-likeness (QED) is 0.563. The van der Waals surface area contributed by atoms with Gasteiger partial charge in [0, 0.05) is 15.4 Å². The van der Waals surface area contributed by atoms with Crippen LogP contribution >= 0.6 is 39.1 Å². The van der Waals surface area contributed by atoms with Gasteiger partial charge < -0.3 is 0 Å². The fourth-order valence-electron chi connectivity index (χ4n) is 1.95. The van der Waals surface area contributed by atoms with E-state index in [0.717, 1.165) is 28.2 Å². The molecule has 0 heterocycles. The molecule has 0 saturated carbocycles. The molecule has 0 aliphatic heterocycles. The van der Waals surface area contributed by atoms with E-state index in [-0.39, 0.29) is 0 Å². The van der Waals surface area contributed by atoms with Gasteiger partial charge in [-0.25, -0.2) is 0 Å². The predicted octanol–water partition coefficient (Wildman–Crippen LogP) is 6.01. The Kier molecular flexibility index (Phi) is 6.79. The largest absolute Gasteiger partial charge is 0.127 e. The lowest BCUT2D eigenvalue weighted by molar-refractivity contribution is 0.562. The Morgan fingerprint density at radius 1 is 1.31 bits per heavy atom. The van der Waals surface area contributed by atoms with Crippen molar-refractivity contribution < 1.29 is 0 Å². The van der Waals surface area contributed by atoms with Crippen molar-refractivity contribution in [3.05, 3.63) is 33.3 Å². The number of rotatable bonds is 6. The van der Waals surface area contributed by atoms with Crippen LogP contribution in [0.25, 0.3) is 0 Å². The summed E-state index contributed by atoms with van der Waals surface area (Å²) in [6.45, 7) is 2.21. The Bertz CT molecular complexity index is 326. The van der Waals surface area contributed by atoms with Gasteiger partial charge in [-0.15, -0.1) is 11.6 Å². The lowest BCUT2D eigenvalue weighted by Gasteiger charge is -2.17. The van der Waals surface area contributed by atoms with Crippen molar-refractivity contribution in [2.75, 3.05) is 5.88 Å². The molecule has 1 atom stereocenters.